The Balaban J connectivity index is 2.10. The van der Waals surface area contributed by atoms with Gasteiger partial charge >= 0.3 is 0 Å². The van der Waals surface area contributed by atoms with Gasteiger partial charge in [-0.1, -0.05) is 6.92 Å². The number of hydrogen-bond acceptors (Lipinski definition) is 5. The van der Waals surface area contributed by atoms with Crippen LogP contribution in [0.4, 0.5) is 5.13 Å². The SMILES string of the molecule is CCCNc1nc(-c2ccsc2)ns1. The Morgan fingerprint density at radius 3 is 3.14 bits per heavy atom. The summed E-state index contributed by atoms with van der Waals surface area (Å²) >= 11 is 3.09. The zero-order chi connectivity index (χ0) is 9.80. The number of hydrogen-bond donors (Lipinski definition) is 1. The molecule has 2 rings (SSSR count). The van der Waals surface area contributed by atoms with Gasteiger partial charge in [0.1, 0.15) is 0 Å². The molecule has 0 aliphatic carbocycles. The zero-order valence-electron chi connectivity index (χ0n) is 7.86. The molecule has 74 valence electrons. The molecule has 2 aromatic rings. The first kappa shape index (κ1) is 9.61. The summed E-state index contributed by atoms with van der Waals surface area (Å²) in [7, 11) is 0. The lowest BCUT2D eigenvalue weighted by atomic mass is 10.3. The smallest absolute Gasteiger partial charge is 0.202 e. The third-order valence-electron chi connectivity index (χ3n) is 1.73. The Bertz CT molecular complexity index is 380. The van der Waals surface area contributed by atoms with Crippen molar-refractivity contribution >= 4 is 28.0 Å². The highest BCUT2D eigenvalue weighted by molar-refractivity contribution is 7.10. The fourth-order valence-electron chi connectivity index (χ4n) is 1.04. The van der Waals surface area contributed by atoms with Gasteiger partial charge in [-0.25, -0.2) is 0 Å². The summed E-state index contributed by atoms with van der Waals surface area (Å²) in [5.74, 6) is 0.829. The van der Waals surface area contributed by atoms with E-state index in [-0.39, 0.29) is 0 Å². The lowest BCUT2D eigenvalue weighted by Crippen LogP contribution is -1.98. The number of anilines is 1. The highest BCUT2D eigenvalue weighted by Gasteiger charge is 2.05. The van der Waals surface area contributed by atoms with Gasteiger partial charge in [0.25, 0.3) is 0 Å². The van der Waals surface area contributed by atoms with Crippen molar-refractivity contribution in [2.24, 2.45) is 0 Å². The summed E-state index contributed by atoms with van der Waals surface area (Å²) in [6.45, 7) is 3.09. The van der Waals surface area contributed by atoms with Crippen LogP contribution in [0.1, 0.15) is 13.3 Å². The number of thiophene rings is 1. The summed E-state index contributed by atoms with van der Waals surface area (Å²) in [5.41, 5.74) is 1.11. The van der Waals surface area contributed by atoms with Crippen molar-refractivity contribution in [1.82, 2.24) is 9.36 Å². The van der Waals surface area contributed by atoms with E-state index in [4.69, 9.17) is 0 Å². The van der Waals surface area contributed by atoms with Crippen molar-refractivity contribution in [2.75, 3.05) is 11.9 Å². The van der Waals surface area contributed by atoms with E-state index in [1.54, 1.807) is 11.3 Å². The molecule has 1 N–H and O–H groups in total. The Hall–Kier alpha value is -0.940. The minimum Gasteiger partial charge on any atom is -0.360 e. The van der Waals surface area contributed by atoms with Gasteiger partial charge in [-0.3, -0.25) is 0 Å². The highest BCUT2D eigenvalue weighted by atomic mass is 32.1. The minimum atomic E-state index is 0.829. The summed E-state index contributed by atoms with van der Waals surface area (Å²) in [4.78, 5) is 4.39. The van der Waals surface area contributed by atoms with E-state index in [1.807, 2.05) is 11.4 Å². The van der Waals surface area contributed by atoms with Crippen LogP contribution in [0, 0.1) is 0 Å². The largest absolute Gasteiger partial charge is 0.360 e. The zero-order valence-corrected chi connectivity index (χ0v) is 9.49. The first-order valence-corrected chi connectivity index (χ1v) is 6.22. The van der Waals surface area contributed by atoms with Crippen molar-refractivity contribution in [3.05, 3.63) is 16.8 Å². The molecule has 0 aliphatic heterocycles. The molecule has 2 aromatic heterocycles. The van der Waals surface area contributed by atoms with E-state index >= 15 is 0 Å². The van der Waals surface area contributed by atoms with Gasteiger partial charge in [-0.2, -0.15) is 20.7 Å². The van der Waals surface area contributed by atoms with Crippen molar-refractivity contribution < 1.29 is 0 Å². The molecule has 0 aromatic carbocycles. The van der Waals surface area contributed by atoms with Crippen LogP contribution in [-0.4, -0.2) is 15.9 Å². The molecule has 0 amide bonds. The van der Waals surface area contributed by atoms with E-state index in [9.17, 15) is 0 Å². The number of aromatic nitrogens is 2. The third kappa shape index (κ3) is 2.10. The average Bonchev–Trinajstić information content (AvgIpc) is 2.85. The van der Waals surface area contributed by atoms with E-state index in [0.29, 0.717) is 0 Å². The van der Waals surface area contributed by atoms with Crippen molar-refractivity contribution in [1.29, 1.82) is 0 Å². The molecule has 0 saturated heterocycles. The van der Waals surface area contributed by atoms with Crippen LogP contribution in [0.3, 0.4) is 0 Å². The second-order valence-corrected chi connectivity index (χ2v) is 4.39. The van der Waals surface area contributed by atoms with E-state index in [2.05, 4.69) is 27.0 Å². The molecule has 5 heteroatoms. The molecular weight excluding hydrogens is 214 g/mol. The van der Waals surface area contributed by atoms with Crippen LogP contribution in [0.25, 0.3) is 11.4 Å². The number of nitrogens with zero attached hydrogens (tertiary/aromatic N) is 2. The molecule has 0 spiro atoms. The summed E-state index contributed by atoms with van der Waals surface area (Å²) in [5, 5.41) is 8.23. The Morgan fingerprint density at radius 2 is 2.43 bits per heavy atom. The van der Waals surface area contributed by atoms with Gasteiger partial charge in [0, 0.05) is 29.0 Å². The molecule has 0 unspecified atom stereocenters. The molecule has 14 heavy (non-hydrogen) atoms. The second kappa shape index (κ2) is 4.52. The van der Waals surface area contributed by atoms with Gasteiger partial charge in [0.2, 0.25) is 5.13 Å². The fourth-order valence-corrected chi connectivity index (χ4v) is 2.28. The highest BCUT2D eigenvalue weighted by Crippen LogP contribution is 2.22. The molecule has 2 heterocycles. The van der Waals surface area contributed by atoms with Gasteiger partial charge in [-0.15, -0.1) is 0 Å². The van der Waals surface area contributed by atoms with Crippen molar-refractivity contribution in [3.8, 4) is 11.4 Å². The maximum Gasteiger partial charge on any atom is 0.202 e. The quantitative estimate of drug-likeness (QED) is 0.869. The second-order valence-electron chi connectivity index (χ2n) is 2.86. The maximum atomic E-state index is 4.39. The van der Waals surface area contributed by atoms with Crippen molar-refractivity contribution in [3.63, 3.8) is 0 Å². The summed E-state index contributed by atoms with van der Waals surface area (Å²) in [6.07, 6.45) is 1.10. The molecule has 3 nitrogen and oxygen atoms in total. The van der Waals surface area contributed by atoms with Crippen LogP contribution < -0.4 is 5.32 Å². The van der Waals surface area contributed by atoms with E-state index < -0.39 is 0 Å². The molecule has 0 saturated carbocycles. The summed E-state index contributed by atoms with van der Waals surface area (Å²) < 4.78 is 4.29. The Labute approximate surface area is 91.0 Å². The van der Waals surface area contributed by atoms with Gasteiger partial charge in [0.05, 0.1) is 0 Å². The molecule has 0 atom stereocenters. The third-order valence-corrected chi connectivity index (χ3v) is 3.09. The molecule has 0 radical (unpaired) electrons. The van der Waals surface area contributed by atoms with E-state index in [0.717, 1.165) is 29.5 Å². The minimum absolute atomic E-state index is 0.829. The monoisotopic (exact) mass is 225 g/mol. The lowest BCUT2D eigenvalue weighted by molar-refractivity contribution is 0.976. The fraction of sp³-hybridized carbons (Fsp3) is 0.333. The number of rotatable bonds is 4. The van der Waals surface area contributed by atoms with E-state index in [1.165, 1.54) is 11.5 Å². The first-order valence-electron chi connectivity index (χ1n) is 4.50. The molecule has 0 fully saturated rings. The molecule has 0 aliphatic rings. The molecule has 0 bridgehead atoms. The van der Waals surface area contributed by atoms with Gasteiger partial charge in [0.15, 0.2) is 5.82 Å². The topological polar surface area (TPSA) is 37.8 Å². The van der Waals surface area contributed by atoms with Crippen LogP contribution in [0.15, 0.2) is 16.8 Å². The van der Waals surface area contributed by atoms with Crippen LogP contribution >= 0.6 is 22.9 Å². The average molecular weight is 225 g/mol. The molecular formula is C9H11N3S2. The normalized spacial score (nSPS) is 10.4. The van der Waals surface area contributed by atoms with Gasteiger partial charge < -0.3 is 5.32 Å². The standard InChI is InChI=1S/C9H11N3S2/c1-2-4-10-9-11-8(12-14-9)7-3-5-13-6-7/h3,5-6H,2,4H2,1H3,(H,10,11,12). The Kier molecular flexibility index (Phi) is 3.10. The van der Waals surface area contributed by atoms with Crippen LogP contribution in [-0.2, 0) is 0 Å². The maximum absolute atomic E-state index is 4.39. The van der Waals surface area contributed by atoms with Crippen molar-refractivity contribution in [2.45, 2.75) is 13.3 Å². The predicted molar refractivity (Wildman–Crippen MR) is 62.0 cm³/mol. The first-order chi connectivity index (χ1) is 6.90. The van der Waals surface area contributed by atoms with Crippen LogP contribution in [0.5, 0.6) is 0 Å². The summed E-state index contributed by atoms with van der Waals surface area (Å²) in [6, 6.07) is 2.04. The Morgan fingerprint density at radius 1 is 1.50 bits per heavy atom. The van der Waals surface area contributed by atoms with Gasteiger partial charge in [-0.05, 0) is 17.9 Å². The number of nitrogens with one attached hydrogen (secondary N) is 1. The van der Waals surface area contributed by atoms with Crippen LogP contribution in [0.2, 0.25) is 0 Å². The predicted octanol–water partition coefficient (Wildman–Crippen LogP) is 3.09. The lowest BCUT2D eigenvalue weighted by Gasteiger charge is -1.95.